The second-order valence-electron chi connectivity index (χ2n) is 4.49. The van der Waals surface area contributed by atoms with Crippen LogP contribution in [0.25, 0.3) is 11.0 Å². The van der Waals surface area contributed by atoms with Crippen molar-refractivity contribution < 1.29 is 4.74 Å². The van der Waals surface area contributed by atoms with Crippen molar-refractivity contribution in [3.05, 3.63) is 59.9 Å². The standard InChI is InChI=1S/C16H13N3O/c17-10-13-3-1-2-12(8-13)6-7-20-14-4-5-15-16(9-14)19-11-18-15/h1-5,8-9,11H,6-7H2,(H,18,19). The van der Waals surface area contributed by atoms with Crippen LogP contribution in [-0.4, -0.2) is 16.6 Å². The predicted molar refractivity (Wildman–Crippen MR) is 76.4 cm³/mol. The summed E-state index contributed by atoms with van der Waals surface area (Å²) in [7, 11) is 0. The number of benzene rings is 2. The van der Waals surface area contributed by atoms with Crippen LogP contribution >= 0.6 is 0 Å². The molecule has 0 saturated carbocycles. The first-order chi connectivity index (χ1) is 9.85. The minimum absolute atomic E-state index is 0.578. The van der Waals surface area contributed by atoms with E-state index >= 15 is 0 Å². The van der Waals surface area contributed by atoms with E-state index < -0.39 is 0 Å². The van der Waals surface area contributed by atoms with Gasteiger partial charge in [-0.2, -0.15) is 5.26 Å². The highest BCUT2D eigenvalue weighted by atomic mass is 16.5. The number of nitrogens with one attached hydrogen (secondary N) is 1. The normalized spacial score (nSPS) is 10.3. The van der Waals surface area contributed by atoms with Crippen LogP contribution in [0.15, 0.2) is 48.8 Å². The first kappa shape index (κ1) is 12.2. The molecule has 0 unspecified atom stereocenters. The Morgan fingerprint density at radius 3 is 3.05 bits per heavy atom. The number of H-pyrrole nitrogens is 1. The van der Waals surface area contributed by atoms with Gasteiger partial charge in [0.05, 0.1) is 35.6 Å². The summed E-state index contributed by atoms with van der Waals surface area (Å²) in [5.41, 5.74) is 3.68. The van der Waals surface area contributed by atoms with Gasteiger partial charge in [0.2, 0.25) is 0 Å². The lowest BCUT2D eigenvalue weighted by atomic mass is 10.1. The Hall–Kier alpha value is -2.80. The fraction of sp³-hybridized carbons (Fsp3) is 0.125. The molecule has 0 saturated heterocycles. The number of aromatic amines is 1. The van der Waals surface area contributed by atoms with Crippen LogP contribution in [0.4, 0.5) is 0 Å². The Morgan fingerprint density at radius 1 is 1.20 bits per heavy atom. The van der Waals surface area contributed by atoms with Gasteiger partial charge < -0.3 is 9.72 Å². The summed E-state index contributed by atoms with van der Waals surface area (Å²) in [5, 5.41) is 8.86. The number of aromatic nitrogens is 2. The first-order valence-electron chi connectivity index (χ1n) is 6.40. The van der Waals surface area contributed by atoms with Crippen molar-refractivity contribution in [2.75, 3.05) is 6.61 Å². The molecule has 0 aliphatic rings. The van der Waals surface area contributed by atoms with E-state index in [1.54, 1.807) is 12.4 Å². The van der Waals surface area contributed by atoms with E-state index in [1.807, 2.05) is 36.4 Å². The highest BCUT2D eigenvalue weighted by Gasteiger charge is 2.00. The summed E-state index contributed by atoms with van der Waals surface area (Å²) in [6.45, 7) is 0.578. The van der Waals surface area contributed by atoms with Crippen molar-refractivity contribution in [1.29, 1.82) is 5.26 Å². The van der Waals surface area contributed by atoms with Gasteiger partial charge in [0, 0.05) is 12.5 Å². The molecule has 0 spiro atoms. The molecule has 2 aromatic carbocycles. The summed E-state index contributed by atoms with van der Waals surface area (Å²) in [6, 6.07) is 15.5. The fourth-order valence-corrected chi connectivity index (χ4v) is 2.09. The highest BCUT2D eigenvalue weighted by Crippen LogP contribution is 2.18. The van der Waals surface area contributed by atoms with Gasteiger partial charge in [0.25, 0.3) is 0 Å². The van der Waals surface area contributed by atoms with Crippen LogP contribution < -0.4 is 4.74 Å². The van der Waals surface area contributed by atoms with Gasteiger partial charge in [-0.3, -0.25) is 0 Å². The molecule has 20 heavy (non-hydrogen) atoms. The molecule has 1 N–H and O–H groups in total. The molecule has 98 valence electrons. The third-order valence-electron chi connectivity index (χ3n) is 3.11. The number of hydrogen-bond acceptors (Lipinski definition) is 3. The number of hydrogen-bond donors (Lipinski definition) is 1. The lowest BCUT2D eigenvalue weighted by molar-refractivity contribution is 0.322. The van der Waals surface area contributed by atoms with Crippen molar-refractivity contribution in [2.24, 2.45) is 0 Å². The average molecular weight is 263 g/mol. The quantitative estimate of drug-likeness (QED) is 0.787. The third-order valence-corrected chi connectivity index (χ3v) is 3.11. The second kappa shape index (κ2) is 5.45. The Morgan fingerprint density at radius 2 is 2.15 bits per heavy atom. The van der Waals surface area contributed by atoms with Crippen molar-refractivity contribution in [3.8, 4) is 11.8 Å². The average Bonchev–Trinajstić information content (AvgIpc) is 2.95. The van der Waals surface area contributed by atoms with Crippen LogP contribution in [0.5, 0.6) is 5.75 Å². The van der Waals surface area contributed by atoms with Crippen LogP contribution in [0.2, 0.25) is 0 Å². The van der Waals surface area contributed by atoms with Crippen molar-refractivity contribution in [2.45, 2.75) is 6.42 Å². The van der Waals surface area contributed by atoms with E-state index in [1.165, 1.54) is 0 Å². The minimum Gasteiger partial charge on any atom is -0.493 e. The number of ether oxygens (including phenoxy) is 1. The largest absolute Gasteiger partial charge is 0.493 e. The number of nitriles is 1. The van der Waals surface area contributed by atoms with Crippen LogP contribution in [0, 0.1) is 11.3 Å². The molecule has 0 atom stereocenters. The van der Waals surface area contributed by atoms with E-state index in [2.05, 4.69) is 16.0 Å². The molecule has 3 rings (SSSR count). The van der Waals surface area contributed by atoms with Gasteiger partial charge in [-0.15, -0.1) is 0 Å². The highest BCUT2D eigenvalue weighted by molar-refractivity contribution is 5.75. The molecule has 1 heterocycles. The van der Waals surface area contributed by atoms with Gasteiger partial charge in [-0.25, -0.2) is 4.98 Å². The van der Waals surface area contributed by atoms with Gasteiger partial charge in [-0.1, -0.05) is 12.1 Å². The van der Waals surface area contributed by atoms with Crippen LogP contribution in [0.1, 0.15) is 11.1 Å². The molecular formula is C16H13N3O. The zero-order valence-corrected chi connectivity index (χ0v) is 10.8. The lowest BCUT2D eigenvalue weighted by Gasteiger charge is -2.06. The fourth-order valence-electron chi connectivity index (χ4n) is 2.09. The van der Waals surface area contributed by atoms with Crippen molar-refractivity contribution >= 4 is 11.0 Å². The molecule has 3 aromatic rings. The van der Waals surface area contributed by atoms with E-state index in [0.29, 0.717) is 12.2 Å². The summed E-state index contributed by atoms with van der Waals surface area (Å²) >= 11 is 0. The van der Waals surface area contributed by atoms with E-state index in [9.17, 15) is 0 Å². The van der Waals surface area contributed by atoms with E-state index in [4.69, 9.17) is 10.00 Å². The smallest absolute Gasteiger partial charge is 0.121 e. The first-order valence-corrected chi connectivity index (χ1v) is 6.40. The molecule has 1 aromatic heterocycles. The number of fused-ring (bicyclic) bond motifs is 1. The summed E-state index contributed by atoms with van der Waals surface area (Å²) in [6.07, 6.45) is 2.44. The molecule has 0 bridgehead atoms. The third kappa shape index (κ3) is 2.62. The lowest BCUT2D eigenvalue weighted by Crippen LogP contribution is -2.01. The molecule has 0 amide bonds. The zero-order chi connectivity index (χ0) is 13.8. The summed E-state index contributed by atoms with van der Waals surface area (Å²) in [5.74, 6) is 0.818. The zero-order valence-electron chi connectivity index (χ0n) is 10.8. The summed E-state index contributed by atoms with van der Waals surface area (Å²) in [4.78, 5) is 7.22. The maximum Gasteiger partial charge on any atom is 0.121 e. The molecule has 4 nitrogen and oxygen atoms in total. The minimum atomic E-state index is 0.578. The molecule has 0 aliphatic heterocycles. The predicted octanol–water partition coefficient (Wildman–Crippen LogP) is 3.06. The van der Waals surface area contributed by atoms with Gasteiger partial charge >= 0.3 is 0 Å². The van der Waals surface area contributed by atoms with E-state index in [0.717, 1.165) is 28.8 Å². The van der Waals surface area contributed by atoms with Crippen molar-refractivity contribution in [1.82, 2.24) is 9.97 Å². The van der Waals surface area contributed by atoms with Gasteiger partial charge in [0.15, 0.2) is 0 Å². The van der Waals surface area contributed by atoms with Crippen molar-refractivity contribution in [3.63, 3.8) is 0 Å². The SMILES string of the molecule is N#Cc1cccc(CCOc2ccc3nc[nH]c3c2)c1. The van der Waals surface area contributed by atoms with Crippen LogP contribution in [-0.2, 0) is 6.42 Å². The van der Waals surface area contributed by atoms with E-state index in [-0.39, 0.29) is 0 Å². The number of rotatable bonds is 4. The molecule has 4 heteroatoms. The number of imidazole rings is 1. The topological polar surface area (TPSA) is 61.7 Å². The Kier molecular flexibility index (Phi) is 3.34. The molecular weight excluding hydrogens is 250 g/mol. The molecule has 0 radical (unpaired) electrons. The Balaban J connectivity index is 1.63. The molecule has 0 fully saturated rings. The number of nitrogens with zero attached hydrogens (tertiary/aromatic N) is 2. The summed E-state index contributed by atoms with van der Waals surface area (Å²) < 4.78 is 5.73. The Labute approximate surface area is 116 Å². The van der Waals surface area contributed by atoms with Crippen LogP contribution in [0.3, 0.4) is 0 Å². The molecule has 0 aliphatic carbocycles. The van der Waals surface area contributed by atoms with Gasteiger partial charge in [-0.05, 0) is 29.8 Å². The maximum absolute atomic E-state index is 8.86. The second-order valence-corrected chi connectivity index (χ2v) is 4.49. The maximum atomic E-state index is 8.86. The monoisotopic (exact) mass is 263 g/mol. The van der Waals surface area contributed by atoms with Gasteiger partial charge in [0.1, 0.15) is 5.75 Å². The Bertz CT molecular complexity index is 770.